The number of hydrogen-bond donors (Lipinski definition) is 9. The van der Waals surface area contributed by atoms with E-state index in [9.17, 15) is 34.8 Å². The minimum Gasteiger partial charge on any atom is -0.492 e. The van der Waals surface area contributed by atoms with Crippen molar-refractivity contribution in [3.63, 3.8) is 0 Å². The summed E-state index contributed by atoms with van der Waals surface area (Å²) in [4.78, 5) is 39.6. The molecule has 310 valence electrons. The molecule has 3 fully saturated rings. The fourth-order valence-electron chi connectivity index (χ4n) is 7.15. The number of rotatable bonds is 12. The van der Waals surface area contributed by atoms with Crippen molar-refractivity contribution in [2.75, 3.05) is 33.3 Å². The van der Waals surface area contributed by atoms with Gasteiger partial charge in [-0.3, -0.25) is 4.79 Å². The van der Waals surface area contributed by atoms with E-state index >= 15 is 0 Å². The topological polar surface area (TPSA) is 270 Å². The molecule has 2 saturated carbocycles. The van der Waals surface area contributed by atoms with E-state index < -0.39 is 108 Å². The average Bonchev–Trinajstić information content (AvgIpc) is 3.86. The van der Waals surface area contributed by atoms with Crippen molar-refractivity contribution < 1.29 is 58.5 Å². The summed E-state index contributed by atoms with van der Waals surface area (Å²) in [6.07, 6.45) is -5.38. The van der Waals surface area contributed by atoms with Gasteiger partial charge in [0.15, 0.2) is 6.29 Å². The lowest BCUT2D eigenvalue weighted by atomic mass is 9.72. The molecule has 0 aromatic heterocycles. The zero-order valence-corrected chi connectivity index (χ0v) is 32.8. The third-order valence-electron chi connectivity index (χ3n) is 9.92. The maximum absolute atomic E-state index is 13.3. The van der Waals surface area contributed by atoms with Crippen molar-refractivity contribution in [3.8, 4) is 0 Å². The number of hydrogen-bond acceptors (Lipinski definition) is 15. The number of nitrogens with zero attached hydrogens (tertiary/aromatic N) is 1. The van der Waals surface area contributed by atoms with Gasteiger partial charge < -0.3 is 76.4 Å². The van der Waals surface area contributed by atoms with Crippen LogP contribution in [0.1, 0.15) is 74.1 Å². The van der Waals surface area contributed by atoms with E-state index in [-0.39, 0.29) is 13.0 Å². The Kier molecular flexibility index (Phi) is 14.3. The van der Waals surface area contributed by atoms with Gasteiger partial charge in [-0.2, -0.15) is 0 Å². The highest BCUT2D eigenvalue weighted by molar-refractivity contribution is 5.81. The van der Waals surface area contributed by atoms with Crippen molar-refractivity contribution in [2.45, 2.75) is 152 Å². The molecule has 1 saturated heterocycles. The molecule has 0 aromatic rings. The third-order valence-corrected chi connectivity index (χ3v) is 9.92. The molecule has 18 heteroatoms. The van der Waals surface area contributed by atoms with Crippen LogP contribution in [0.25, 0.3) is 0 Å². The van der Waals surface area contributed by atoms with E-state index in [2.05, 4.69) is 16.0 Å². The quantitative estimate of drug-likeness (QED) is 0.117. The molecule has 1 unspecified atom stereocenters. The van der Waals surface area contributed by atoms with Crippen molar-refractivity contribution in [1.29, 1.82) is 0 Å². The smallest absolute Gasteiger partial charge is 0.410 e. The van der Waals surface area contributed by atoms with Crippen LogP contribution in [0, 0.1) is 11.8 Å². The number of amides is 3. The predicted octanol–water partition coefficient (Wildman–Crippen LogP) is -0.846. The van der Waals surface area contributed by atoms with Crippen LogP contribution in [0.15, 0.2) is 11.8 Å². The fraction of sp³-hybridized carbons (Fsp3) is 0.861. The zero-order chi connectivity index (χ0) is 40.3. The Hall–Kier alpha value is -2.81. The van der Waals surface area contributed by atoms with Gasteiger partial charge in [-0.15, -0.1) is 0 Å². The molecule has 11 N–H and O–H groups in total. The van der Waals surface area contributed by atoms with Crippen molar-refractivity contribution >= 4 is 18.1 Å². The monoisotopic (exact) mass is 772 g/mol. The van der Waals surface area contributed by atoms with Gasteiger partial charge in [0.05, 0.1) is 37.9 Å². The number of carbonyl (C=O) groups excluding carboxylic acids is 3. The van der Waals surface area contributed by atoms with Crippen LogP contribution in [0.3, 0.4) is 0 Å². The molecule has 12 atom stereocenters. The average molecular weight is 773 g/mol. The van der Waals surface area contributed by atoms with Crippen molar-refractivity contribution in [2.24, 2.45) is 23.3 Å². The maximum atomic E-state index is 13.3. The van der Waals surface area contributed by atoms with Crippen molar-refractivity contribution in [3.05, 3.63) is 11.8 Å². The maximum Gasteiger partial charge on any atom is 0.410 e. The lowest BCUT2D eigenvalue weighted by molar-refractivity contribution is -0.305. The Morgan fingerprint density at radius 1 is 1.06 bits per heavy atom. The van der Waals surface area contributed by atoms with Crippen LogP contribution < -0.4 is 27.4 Å². The van der Waals surface area contributed by atoms with Gasteiger partial charge in [0, 0.05) is 25.0 Å². The van der Waals surface area contributed by atoms with Crippen LogP contribution >= 0.6 is 0 Å². The Morgan fingerprint density at radius 2 is 1.70 bits per heavy atom. The molecule has 2 aliphatic carbocycles. The third kappa shape index (κ3) is 11.8. The van der Waals surface area contributed by atoms with Crippen molar-refractivity contribution in [1.82, 2.24) is 20.9 Å². The van der Waals surface area contributed by atoms with E-state index in [1.165, 1.54) is 26.8 Å². The van der Waals surface area contributed by atoms with Gasteiger partial charge in [0.1, 0.15) is 47.0 Å². The molecule has 54 heavy (non-hydrogen) atoms. The second kappa shape index (κ2) is 17.5. The number of carbonyl (C=O) groups is 3. The lowest BCUT2D eigenvalue weighted by Crippen LogP contribution is -2.70. The SMILES string of the molecule is CN(C(=O)OC(C)(C)C)[C@@H]1[C@@H](O)[C@@H](O[C@@H]2[C@@H](O)[C@H](C3OC(CNCC4CC4)=CC[C@H]3N)[C@@H](N)C[C@H]2NC(=O)[C@@H](O)CNC(=O)OC(C)(C)C)OC[C@]1(C)O. The van der Waals surface area contributed by atoms with Gasteiger partial charge >= 0.3 is 12.2 Å². The summed E-state index contributed by atoms with van der Waals surface area (Å²) in [5.74, 6) is -0.414. The number of aliphatic hydroxyl groups excluding tert-OH is 3. The number of aliphatic hydroxyl groups is 4. The summed E-state index contributed by atoms with van der Waals surface area (Å²) in [5.41, 5.74) is 9.84. The summed E-state index contributed by atoms with van der Waals surface area (Å²) < 4.78 is 29.1. The first-order valence-corrected chi connectivity index (χ1v) is 18.8. The number of nitrogens with two attached hydrogens (primary N) is 2. The van der Waals surface area contributed by atoms with Gasteiger partial charge in [0.2, 0.25) is 0 Å². The van der Waals surface area contributed by atoms with Crippen LogP contribution in [0.5, 0.6) is 0 Å². The molecule has 3 amide bonds. The summed E-state index contributed by atoms with van der Waals surface area (Å²) in [7, 11) is 1.37. The van der Waals surface area contributed by atoms with Gasteiger partial charge in [-0.05, 0) is 92.7 Å². The second-order valence-electron chi connectivity index (χ2n) is 17.4. The number of ether oxygens (including phenoxy) is 5. The van der Waals surface area contributed by atoms with Gasteiger partial charge in [-0.25, -0.2) is 9.59 Å². The number of nitrogens with one attached hydrogen (secondary N) is 3. The zero-order valence-electron chi connectivity index (χ0n) is 32.8. The Bertz CT molecular complexity index is 1330. The molecule has 4 aliphatic rings. The highest BCUT2D eigenvalue weighted by Gasteiger charge is 2.55. The summed E-state index contributed by atoms with van der Waals surface area (Å²) >= 11 is 0. The predicted molar refractivity (Wildman–Crippen MR) is 194 cm³/mol. The van der Waals surface area contributed by atoms with E-state index in [1.807, 2.05) is 6.08 Å². The first kappa shape index (κ1) is 43.9. The highest BCUT2D eigenvalue weighted by atomic mass is 16.7. The molecule has 0 bridgehead atoms. The standard InChI is InChI=1S/C36H64N6O12/c1-34(2,3)53-32(47)40-16-23(43)30(46)41-22-13-21(38)24(27-20(37)12-11-19(51-27)15-39-14-18-9-10-18)25(44)28(22)52-31-26(45)29(36(7,49)17-50-31)42(8)33(48)54-35(4,5)6/h11,18,20-29,31,39,43-45,49H,9-10,12-17,37-38H2,1-8H3,(H,40,47)(H,41,46)/t20-,21+,22-,23+,24-,25+,26-,27?,28+,29-,31-,36+/m1/s1. The fourth-order valence-corrected chi connectivity index (χ4v) is 7.15. The summed E-state index contributed by atoms with van der Waals surface area (Å²) in [5, 5.41) is 54.1. The van der Waals surface area contributed by atoms with Crippen LogP contribution in [-0.2, 0) is 28.5 Å². The molecule has 2 heterocycles. The molecule has 0 radical (unpaired) electrons. The Morgan fingerprint density at radius 3 is 2.31 bits per heavy atom. The van der Waals surface area contributed by atoms with Crippen LogP contribution in [0.2, 0.25) is 0 Å². The first-order valence-electron chi connectivity index (χ1n) is 18.8. The molecular formula is C36H64N6O12. The Labute approximate surface area is 317 Å². The Balaban J connectivity index is 1.56. The normalized spacial score (nSPS) is 35.2. The molecule has 4 rings (SSSR count). The van der Waals surface area contributed by atoms with E-state index in [4.69, 9.17) is 35.2 Å². The first-order chi connectivity index (χ1) is 25.0. The van der Waals surface area contributed by atoms with Crippen LogP contribution in [0.4, 0.5) is 9.59 Å². The minimum absolute atomic E-state index is 0.0116. The second-order valence-corrected chi connectivity index (χ2v) is 17.4. The molecule has 0 spiro atoms. The molecule has 18 nitrogen and oxygen atoms in total. The number of alkyl carbamates (subject to hydrolysis) is 1. The van der Waals surface area contributed by atoms with E-state index in [1.54, 1.807) is 41.5 Å². The number of likely N-dealkylation sites (N-methyl/N-ethyl adjacent to an activating group) is 1. The summed E-state index contributed by atoms with van der Waals surface area (Å²) in [6.45, 7) is 11.9. The largest absolute Gasteiger partial charge is 0.492 e. The highest BCUT2D eigenvalue weighted by Crippen LogP contribution is 2.37. The summed E-state index contributed by atoms with van der Waals surface area (Å²) in [6, 6.07) is -3.69. The van der Waals surface area contributed by atoms with Crippen LogP contribution in [-0.4, -0.2) is 154 Å². The molecular weight excluding hydrogens is 708 g/mol. The lowest BCUT2D eigenvalue weighted by Gasteiger charge is -2.51. The molecule has 0 aromatic carbocycles. The van der Waals surface area contributed by atoms with Gasteiger partial charge in [-0.1, -0.05) is 0 Å². The molecule has 2 aliphatic heterocycles. The van der Waals surface area contributed by atoms with Gasteiger partial charge in [0.25, 0.3) is 5.91 Å². The van der Waals surface area contributed by atoms with E-state index in [0.29, 0.717) is 24.6 Å². The minimum atomic E-state index is -1.75. The van der Waals surface area contributed by atoms with E-state index in [0.717, 1.165) is 11.4 Å².